The highest BCUT2D eigenvalue weighted by atomic mass is 16.4. The summed E-state index contributed by atoms with van der Waals surface area (Å²) < 4.78 is 0. The molecule has 2 aliphatic rings. The number of anilines is 2. The highest BCUT2D eigenvalue weighted by Crippen LogP contribution is 2.40. The minimum atomic E-state index is -0.916. The summed E-state index contributed by atoms with van der Waals surface area (Å²) in [5.41, 5.74) is 2.33. The average Bonchev–Trinajstić information content (AvgIpc) is 3.46. The molecule has 1 aliphatic carbocycles. The Hall–Kier alpha value is -3.34. The van der Waals surface area contributed by atoms with E-state index in [0.29, 0.717) is 41.9 Å². The fourth-order valence-electron chi connectivity index (χ4n) is 3.73. The van der Waals surface area contributed by atoms with Crippen LogP contribution in [0, 0.1) is 17.8 Å². The van der Waals surface area contributed by atoms with Gasteiger partial charge in [-0.1, -0.05) is 32.8 Å². The maximum absolute atomic E-state index is 11.7. The molecule has 0 bridgehead atoms. The van der Waals surface area contributed by atoms with Gasteiger partial charge in [-0.25, -0.2) is 14.8 Å². The van der Waals surface area contributed by atoms with Crippen LogP contribution in [0.25, 0.3) is 5.57 Å². The number of rotatable bonds is 4. The van der Waals surface area contributed by atoms with Crippen molar-refractivity contribution in [3.05, 3.63) is 35.4 Å². The zero-order valence-electron chi connectivity index (χ0n) is 17.4. The molecule has 1 amide bonds. The van der Waals surface area contributed by atoms with E-state index in [1.54, 1.807) is 6.20 Å². The SMILES string of the molecule is C#Cc1cnc(C2=CC(C(C)(C)C)N(C(=O)O)CC2)nc1Nc1cc(C2CC2)[nH]n1. The van der Waals surface area contributed by atoms with Crippen LogP contribution in [0.1, 0.15) is 63.0 Å². The Labute approximate surface area is 175 Å². The number of carboxylic acid groups (broad SMARTS) is 1. The molecule has 1 saturated carbocycles. The number of hydrogen-bond acceptors (Lipinski definition) is 5. The second-order valence-corrected chi connectivity index (χ2v) is 8.94. The molecule has 0 radical (unpaired) electrons. The third-order valence-corrected chi connectivity index (χ3v) is 5.54. The Balaban J connectivity index is 1.64. The van der Waals surface area contributed by atoms with E-state index in [2.05, 4.69) is 31.4 Å². The van der Waals surface area contributed by atoms with Gasteiger partial charge in [0.1, 0.15) is 0 Å². The Kier molecular flexibility index (Phi) is 4.98. The van der Waals surface area contributed by atoms with E-state index < -0.39 is 6.09 Å². The molecule has 0 aromatic carbocycles. The van der Waals surface area contributed by atoms with Gasteiger partial charge in [0, 0.05) is 30.4 Å². The summed E-state index contributed by atoms with van der Waals surface area (Å²) in [5, 5.41) is 20.2. The Bertz CT molecular complexity index is 1040. The largest absolute Gasteiger partial charge is 0.465 e. The van der Waals surface area contributed by atoms with Crippen LogP contribution in [0.3, 0.4) is 0 Å². The first kappa shape index (κ1) is 20.0. The molecule has 8 nitrogen and oxygen atoms in total. The van der Waals surface area contributed by atoms with Crippen molar-refractivity contribution >= 4 is 23.3 Å². The molecule has 0 spiro atoms. The third-order valence-electron chi connectivity index (χ3n) is 5.54. The van der Waals surface area contributed by atoms with Gasteiger partial charge in [-0.15, -0.1) is 6.42 Å². The molecule has 1 unspecified atom stereocenters. The predicted octanol–water partition coefficient (Wildman–Crippen LogP) is 3.98. The zero-order chi connectivity index (χ0) is 21.5. The van der Waals surface area contributed by atoms with Gasteiger partial charge >= 0.3 is 6.09 Å². The number of amides is 1. The van der Waals surface area contributed by atoms with E-state index in [0.717, 1.165) is 11.3 Å². The van der Waals surface area contributed by atoms with Crippen LogP contribution in [-0.2, 0) is 0 Å². The van der Waals surface area contributed by atoms with Crippen LogP contribution in [0.5, 0.6) is 0 Å². The number of H-pyrrole nitrogens is 1. The maximum Gasteiger partial charge on any atom is 0.407 e. The first-order valence-corrected chi connectivity index (χ1v) is 10.1. The molecule has 2 aromatic rings. The van der Waals surface area contributed by atoms with Gasteiger partial charge in [-0.3, -0.25) is 5.10 Å². The topological polar surface area (TPSA) is 107 Å². The molecular weight excluding hydrogens is 380 g/mol. The van der Waals surface area contributed by atoms with Gasteiger partial charge in [0.25, 0.3) is 0 Å². The average molecular weight is 406 g/mol. The van der Waals surface area contributed by atoms with Crippen molar-refractivity contribution in [3.8, 4) is 12.3 Å². The lowest BCUT2D eigenvalue weighted by atomic mass is 9.82. The van der Waals surface area contributed by atoms with E-state index in [9.17, 15) is 9.90 Å². The lowest BCUT2D eigenvalue weighted by Gasteiger charge is -2.40. The van der Waals surface area contributed by atoms with Crippen molar-refractivity contribution < 1.29 is 9.90 Å². The monoisotopic (exact) mass is 406 g/mol. The summed E-state index contributed by atoms with van der Waals surface area (Å²) in [4.78, 5) is 22.3. The van der Waals surface area contributed by atoms with Crippen molar-refractivity contribution in [2.75, 3.05) is 11.9 Å². The molecule has 3 heterocycles. The van der Waals surface area contributed by atoms with Gasteiger partial charge in [0.05, 0.1) is 11.6 Å². The molecule has 4 rings (SSSR count). The summed E-state index contributed by atoms with van der Waals surface area (Å²) in [6, 6.07) is 1.72. The number of nitrogens with one attached hydrogen (secondary N) is 2. The van der Waals surface area contributed by atoms with E-state index in [-0.39, 0.29) is 11.5 Å². The molecule has 30 heavy (non-hydrogen) atoms. The van der Waals surface area contributed by atoms with E-state index in [1.807, 2.05) is 32.9 Å². The highest BCUT2D eigenvalue weighted by Gasteiger charge is 2.35. The molecule has 1 fully saturated rings. The molecule has 2 aromatic heterocycles. The van der Waals surface area contributed by atoms with E-state index in [1.165, 1.54) is 17.7 Å². The first-order valence-electron chi connectivity index (χ1n) is 10.1. The minimum absolute atomic E-state index is 0.252. The van der Waals surface area contributed by atoms with Crippen LogP contribution >= 0.6 is 0 Å². The summed E-state index contributed by atoms with van der Waals surface area (Å²) in [6.07, 6.45) is 11.2. The maximum atomic E-state index is 11.7. The minimum Gasteiger partial charge on any atom is -0.465 e. The number of nitrogens with zero attached hydrogens (tertiary/aromatic N) is 4. The molecule has 3 N–H and O–H groups in total. The Morgan fingerprint density at radius 3 is 2.80 bits per heavy atom. The molecular formula is C22H26N6O2. The van der Waals surface area contributed by atoms with Gasteiger partial charge in [-0.05, 0) is 30.3 Å². The highest BCUT2D eigenvalue weighted by molar-refractivity contribution is 5.71. The number of aromatic nitrogens is 4. The predicted molar refractivity (Wildman–Crippen MR) is 114 cm³/mol. The van der Waals surface area contributed by atoms with Gasteiger partial charge < -0.3 is 15.3 Å². The summed E-state index contributed by atoms with van der Waals surface area (Å²) in [6.45, 7) is 6.47. The summed E-state index contributed by atoms with van der Waals surface area (Å²) >= 11 is 0. The van der Waals surface area contributed by atoms with Gasteiger partial charge in [-0.2, -0.15) is 5.10 Å². The Morgan fingerprint density at radius 2 is 2.17 bits per heavy atom. The standard InChI is InChI=1S/C22H26N6O2/c1-5-13-12-23-19(15-8-9-28(21(29)30)17(10-15)22(2,3)4)25-20(13)24-18-11-16(26-27-18)14-6-7-14/h1,10-12,14,17H,6-9H2,2-4H3,(H,29,30)(H2,23,24,25,26,27). The van der Waals surface area contributed by atoms with Gasteiger partial charge in [0.2, 0.25) is 0 Å². The molecule has 8 heteroatoms. The molecule has 0 saturated heterocycles. The quantitative estimate of drug-likeness (QED) is 0.663. The third kappa shape index (κ3) is 4.01. The van der Waals surface area contributed by atoms with Crippen molar-refractivity contribution in [2.24, 2.45) is 5.41 Å². The van der Waals surface area contributed by atoms with Crippen molar-refractivity contribution in [3.63, 3.8) is 0 Å². The number of hydrogen-bond donors (Lipinski definition) is 3. The van der Waals surface area contributed by atoms with Crippen molar-refractivity contribution in [1.29, 1.82) is 0 Å². The van der Waals surface area contributed by atoms with E-state index >= 15 is 0 Å². The Morgan fingerprint density at radius 1 is 1.40 bits per heavy atom. The first-order chi connectivity index (χ1) is 14.3. The fourth-order valence-corrected chi connectivity index (χ4v) is 3.73. The van der Waals surface area contributed by atoms with Gasteiger partial charge in [0.15, 0.2) is 17.5 Å². The summed E-state index contributed by atoms with van der Waals surface area (Å²) in [5.74, 6) is 4.92. The second kappa shape index (κ2) is 7.48. The number of terminal acetylenes is 1. The van der Waals surface area contributed by atoms with Crippen LogP contribution in [0.4, 0.5) is 16.4 Å². The van der Waals surface area contributed by atoms with Crippen LogP contribution in [0.2, 0.25) is 0 Å². The van der Waals surface area contributed by atoms with Crippen molar-refractivity contribution in [1.82, 2.24) is 25.1 Å². The number of carbonyl (C=O) groups is 1. The molecule has 156 valence electrons. The lowest BCUT2D eigenvalue weighted by molar-refractivity contribution is 0.0999. The zero-order valence-corrected chi connectivity index (χ0v) is 17.4. The van der Waals surface area contributed by atoms with Crippen LogP contribution in [-0.4, -0.2) is 48.9 Å². The number of aromatic amines is 1. The summed E-state index contributed by atoms with van der Waals surface area (Å²) in [7, 11) is 0. The molecule has 1 atom stereocenters. The van der Waals surface area contributed by atoms with Crippen LogP contribution in [0.15, 0.2) is 18.3 Å². The normalized spacial score (nSPS) is 19.2. The fraction of sp³-hybridized carbons (Fsp3) is 0.455. The lowest BCUT2D eigenvalue weighted by Crippen LogP contribution is -2.48. The van der Waals surface area contributed by atoms with Crippen molar-refractivity contribution in [2.45, 2.75) is 52.0 Å². The van der Waals surface area contributed by atoms with Crippen LogP contribution < -0.4 is 5.32 Å². The smallest absolute Gasteiger partial charge is 0.407 e. The van der Waals surface area contributed by atoms with E-state index in [4.69, 9.17) is 6.42 Å². The second-order valence-electron chi connectivity index (χ2n) is 8.94. The molecule has 1 aliphatic heterocycles.